The predicted octanol–water partition coefficient (Wildman–Crippen LogP) is 6.84. The highest BCUT2D eigenvalue weighted by Gasteiger charge is 2.35. The molecule has 3 nitrogen and oxygen atoms in total. The highest BCUT2D eigenvalue weighted by atomic mass is 35.9. The molecule has 10 heteroatoms. The molecule has 1 heterocycles. The topological polar surface area (TPSA) is 37.1 Å². The van der Waals surface area contributed by atoms with Gasteiger partial charge in [-0.05, 0) is 67.8 Å². The second-order valence-corrected chi connectivity index (χ2v) is 14.9. The van der Waals surface area contributed by atoms with Crippen LogP contribution in [0.25, 0.3) is 0 Å². The van der Waals surface area contributed by atoms with Gasteiger partial charge in [-0.2, -0.15) is 4.52 Å². The summed E-state index contributed by atoms with van der Waals surface area (Å²) >= 11 is 23.4. The smallest absolute Gasteiger partial charge is 0.179 e. The molecule has 1 rings (SSSR count). The summed E-state index contributed by atoms with van der Waals surface area (Å²) in [5, 5.41) is 0. The molecule has 0 aliphatic carbocycles. The lowest BCUT2D eigenvalue weighted by molar-refractivity contribution is 1.09. The third-order valence-corrected chi connectivity index (χ3v) is 11.8. The van der Waals surface area contributed by atoms with E-state index in [2.05, 4.69) is 13.5 Å². The summed E-state index contributed by atoms with van der Waals surface area (Å²) in [6, 6.07) is 0. The summed E-state index contributed by atoms with van der Waals surface area (Å²) in [4.78, 5) is 0. The van der Waals surface area contributed by atoms with E-state index in [1.807, 2.05) is 13.8 Å². The maximum Gasteiger partial charge on any atom is 0.359 e. The number of nitrogens with zero attached hydrogens (tertiary/aromatic N) is 3. The molecule has 0 N–H and O–H groups in total. The van der Waals surface area contributed by atoms with Crippen LogP contribution in [0, 0.1) is 0 Å². The summed E-state index contributed by atoms with van der Waals surface area (Å²) in [6.45, 7) is 3.96. The van der Waals surface area contributed by atoms with Gasteiger partial charge in [-0.3, -0.25) is 0 Å². The fourth-order valence-electron chi connectivity index (χ4n) is 0.610. The highest BCUT2D eigenvalue weighted by molar-refractivity contribution is 8.20. The molecule has 1 aliphatic heterocycles. The Morgan fingerprint density at radius 1 is 1.08 bits per heavy atom. The molecule has 76 valence electrons. The van der Waals surface area contributed by atoms with Crippen molar-refractivity contribution in [3.05, 3.63) is 0 Å². The van der Waals surface area contributed by atoms with E-state index < -0.39 is 19.7 Å². The Hall–Kier alpha value is 1.72. The van der Waals surface area contributed by atoms with Gasteiger partial charge in [0.25, 0.3) is 0 Å². The van der Waals surface area contributed by atoms with E-state index in [-0.39, 0.29) is 5.66 Å². The Balaban J connectivity index is 3.27. The lowest BCUT2D eigenvalue weighted by atomic mass is 10.6. The van der Waals surface area contributed by atoms with Crippen LogP contribution >= 0.6 is 64.6 Å². The van der Waals surface area contributed by atoms with Gasteiger partial charge in [0.05, 0.1) is 0 Å². The maximum atomic E-state index is 5.85. The fourth-order valence-corrected chi connectivity index (χ4v) is 13.7. The van der Waals surface area contributed by atoms with Crippen LogP contribution in [0.3, 0.4) is 0 Å². The van der Waals surface area contributed by atoms with Crippen molar-refractivity contribution in [1.82, 2.24) is 0 Å². The number of hydrogen-bond acceptors (Lipinski definition) is 3. The van der Waals surface area contributed by atoms with Gasteiger partial charge in [-0.25, -0.2) is 0 Å². The zero-order chi connectivity index (χ0) is 10.3. The maximum absolute atomic E-state index is 5.85. The van der Waals surface area contributed by atoms with Gasteiger partial charge in [0, 0.05) is 0 Å². The summed E-state index contributed by atoms with van der Waals surface area (Å²) in [5.41, 5.74) is 0.249. The Bertz CT molecular complexity index is 341. The molecule has 0 fully saturated rings. The second-order valence-electron chi connectivity index (χ2n) is 2.59. The Labute approximate surface area is 97.4 Å². The van der Waals surface area contributed by atoms with Gasteiger partial charge in [0.15, 0.2) is 5.66 Å². The van der Waals surface area contributed by atoms with Crippen LogP contribution in [0.5, 0.6) is 0 Å². The molecule has 0 aromatic heterocycles. The Kier molecular flexibility index (Phi) is 4.23. The fraction of sp³-hybridized carbons (Fsp3) is 1.00. The molecule has 0 amide bonds. The molecule has 1 unspecified atom stereocenters. The van der Waals surface area contributed by atoms with Gasteiger partial charge in [0.1, 0.15) is 0 Å². The molecule has 0 spiro atoms. The molecule has 1 atom stereocenters. The Morgan fingerprint density at radius 2 is 1.62 bits per heavy atom. The van der Waals surface area contributed by atoms with Crippen molar-refractivity contribution in [2.45, 2.75) is 19.5 Å². The van der Waals surface area contributed by atoms with E-state index in [0.29, 0.717) is 0 Å². The van der Waals surface area contributed by atoms with Crippen LogP contribution < -0.4 is 0 Å². The van der Waals surface area contributed by atoms with Gasteiger partial charge in [0.2, 0.25) is 0 Å². The van der Waals surface area contributed by atoms with Crippen molar-refractivity contribution in [1.29, 1.82) is 0 Å². The lowest BCUT2D eigenvalue weighted by Crippen LogP contribution is -1.83. The summed E-state index contributed by atoms with van der Waals surface area (Å²) in [5.74, 6) is -5.31. The first kappa shape index (κ1) is 12.8. The van der Waals surface area contributed by atoms with Crippen LogP contribution in [-0.2, 0) is 0 Å². The van der Waals surface area contributed by atoms with Crippen molar-refractivity contribution >= 4 is 64.6 Å². The van der Waals surface area contributed by atoms with Crippen molar-refractivity contribution in [3.63, 3.8) is 0 Å². The monoisotopic (exact) mass is 318 g/mol. The molecule has 13 heavy (non-hydrogen) atoms. The van der Waals surface area contributed by atoms with Gasteiger partial charge in [-0.1, -0.05) is 0 Å². The SMILES string of the molecule is CC(C)[P+]1=NP(Cl)(Cl)=NP(Cl)(Cl)=N1. The normalized spacial score (nSPS) is 27.5. The number of hydrogen-bond donors (Lipinski definition) is 0. The first-order chi connectivity index (χ1) is 5.72. The molecule has 0 aromatic carbocycles. The average molecular weight is 320 g/mol. The molecule has 0 aromatic rings. The molecular formula is C3H7Cl4N3P3+. The van der Waals surface area contributed by atoms with Crippen molar-refractivity contribution in [3.8, 4) is 0 Å². The van der Waals surface area contributed by atoms with E-state index in [4.69, 9.17) is 45.0 Å². The van der Waals surface area contributed by atoms with Gasteiger partial charge in [-0.15, -0.1) is 0 Å². The van der Waals surface area contributed by atoms with Crippen molar-refractivity contribution in [2.24, 2.45) is 13.5 Å². The van der Waals surface area contributed by atoms with Crippen LogP contribution in [0.15, 0.2) is 13.5 Å². The minimum absolute atomic E-state index is 0.249. The molecule has 0 bridgehead atoms. The van der Waals surface area contributed by atoms with Crippen LogP contribution in [0.1, 0.15) is 13.8 Å². The third kappa shape index (κ3) is 3.99. The number of rotatable bonds is 1. The van der Waals surface area contributed by atoms with Crippen molar-refractivity contribution in [2.75, 3.05) is 0 Å². The number of halogens is 4. The minimum Gasteiger partial charge on any atom is -0.179 e. The Morgan fingerprint density at radius 3 is 2.00 bits per heavy atom. The minimum atomic E-state index is -2.65. The van der Waals surface area contributed by atoms with E-state index >= 15 is 0 Å². The highest BCUT2D eigenvalue weighted by Crippen LogP contribution is 2.81. The third-order valence-electron chi connectivity index (χ3n) is 1.08. The molecule has 1 aliphatic rings. The zero-order valence-corrected chi connectivity index (χ0v) is 12.5. The molecular weight excluding hydrogens is 313 g/mol. The summed E-state index contributed by atoms with van der Waals surface area (Å²) in [7, 11) is -0.979. The summed E-state index contributed by atoms with van der Waals surface area (Å²) in [6.07, 6.45) is 0. The van der Waals surface area contributed by atoms with E-state index in [9.17, 15) is 0 Å². The first-order valence-electron chi connectivity index (χ1n) is 3.29. The van der Waals surface area contributed by atoms with E-state index in [0.717, 1.165) is 0 Å². The molecule has 0 saturated heterocycles. The zero-order valence-electron chi connectivity index (χ0n) is 6.77. The largest absolute Gasteiger partial charge is 0.359 e. The van der Waals surface area contributed by atoms with Crippen LogP contribution in [0.4, 0.5) is 0 Å². The molecule has 0 saturated carbocycles. The van der Waals surface area contributed by atoms with E-state index in [1.165, 1.54) is 0 Å². The van der Waals surface area contributed by atoms with Gasteiger partial charge >= 0.3 is 19.7 Å². The second kappa shape index (κ2) is 4.30. The summed E-state index contributed by atoms with van der Waals surface area (Å²) < 4.78 is 12.1. The van der Waals surface area contributed by atoms with Crippen LogP contribution in [-0.4, -0.2) is 5.66 Å². The molecule has 0 radical (unpaired) electrons. The van der Waals surface area contributed by atoms with E-state index in [1.54, 1.807) is 0 Å². The van der Waals surface area contributed by atoms with Gasteiger partial charge < -0.3 is 0 Å². The quantitative estimate of drug-likeness (QED) is 0.475. The predicted molar refractivity (Wildman–Crippen MR) is 66.6 cm³/mol. The first-order valence-corrected chi connectivity index (χ1v) is 11.6. The standard InChI is InChI=1S/C3H7Cl4N3P3/c1-3(2)11-8-12(4,5)10-13(6,7)9-11/h3H,1-2H3/q+1. The lowest BCUT2D eigenvalue weighted by Gasteiger charge is -2.07. The van der Waals surface area contributed by atoms with Crippen molar-refractivity contribution < 1.29 is 0 Å². The average Bonchev–Trinajstić information content (AvgIpc) is 1.79. The van der Waals surface area contributed by atoms with Crippen LogP contribution in [0.2, 0.25) is 0 Å².